The number of piperazine rings is 1. The molecule has 0 bridgehead atoms. The summed E-state index contributed by atoms with van der Waals surface area (Å²) < 4.78 is 1.63. The Bertz CT molecular complexity index is 1050. The van der Waals surface area contributed by atoms with Crippen LogP contribution in [0, 0.1) is 6.92 Å². The Balaban J connectivity index is 1.56. The van der Waals surface area contributed by atoms with E-state index in [9.17, 15) is 9.59 Å². The van der Waals surface area contributed by atoms with E-state index >= 15 is 0 Å². The highest BCUT2D eigenvalue weighted by Gasteiger charge is 2.26. The first-order valence-electron chi connectivity index (χ1n) is 9.68. The Morgan fingerprint density at radius 2 is 1.86 bits per heavy atom. The first kappa shape index (κ1) is 18.7. The highest BCUT2D eigenvalue weighted by molar-refractivity contribution is 7.20. The van der Waals surface area contributed by atoms with E-state index in [1.807, 2.05) is 36.9 Å². The number of aromatic nitrogens is 2. The summed E-state index contributed by atoms with van der Waals surface area (Å²) in [5.41, 5.74) is 1.90. The molecule has 1 aliphatic heterocycles. The van der Waals surface area contributed by atoms with E-state index in [-0.39, 0.29) is 11.5 Å². The smallest absolute Gasteiger partial charge is 0.264 e. The van der Waals surface area contributed by atoms with E-state index in [0.717, 1.165) is 25.1 Å². The van der Waals surface area contributed by atoms with Crippen molar-refractivity contribution in [2.45, 2.75) is 26.8 Å². The molecule has 1 aromatic carbocycles. The normalized spacial score (nSPS) is 14.6. The lowest BCUT2D eigenvalue weighted by Crippen LogP contribution is -2.48. The SMILES string of the molecule is CCCn1cnc2sc(C(=O)N3CCN(c4ccccc4)CC3)c(C)c2c1=O. The number of nitrogens with zero attached hydrogens (tertiary/aromatic N) is 4. The lowest BCUT2D eigenvalue weighted by molar-refractivity contribution is 0.0751. The summed E-state index contributed by atoms with van der Waals surface area (Å²) >= 11 is 1.33. The van der Waals surface area contributed by atoms with Crippen LogP contribution in [0.4, 0.5) is 5.69 Å². The molecule has 3 aromatic rings. The van der Waals surface area contributed by atoms with Crippen LogP contribution in [0.25, 0.3) is 10.2 Å². The molecule has 0 N–H and O–H groups in total. The number of fused-ring (bicyclic) bond motifs is 1. The van der Waals surface area contributed by atoms with Crippen molar-refractivity contribution in [2.24, 2.45) is 0 Å². The van der Waals surface area contributed by atoms with Crippen molar-refractivity contribution in [1.29, 1.82) is 0 Å². The minimum absolute atomic E-state index is 0.00894. The van der Waals surface area contributed by atoms with Gasteiger partial charge in [-0.15, -0.1) is 11.3 Å². The topological polar surface area (TPSA) is 58.4 Å². The molecule has 0 unspecified atom stereocenters. The average molecular weight is 397 g/mol. The minimum Gasteiger partial charge on any atom is -0.368 e. The third kappa shape index (κ3) is 3.30. The molecular formula is C21H24N4O2S. The maximum Gasteiger partial charge on any atom is 0.264 e. The van der Waals surface area contributed by atoms with Gasteiger partial charge in [0.05, 0.1) is 16.6 Å². The predicted molar refractivity (Wildman–Crippen MR) is 113 cm³/mol. The quantitative estimate of drug-likeness (QED) is 0.680. The van der Waals surface area contributed by atoms with Crippen LogP contribution in [0.1, 0.15) is 28.6 Å². The van der Waals surface area contributed by atoms with Gasteiger partial charge in [-0.1, -0.05) is 25.1 Å². The first-order chi connectivity index (χ1) is 13.6. The molecule has 4 rings (SSSR count). The highest BCUT2D eigenvalue weighted by atomic mass is 32.1. The monoisotopic (exact) mass is 396 g/mol. The number of carbonyl (C=O) groups is 1. The van der Waals surface area contributed by atoms with Crippen LogP contribution in [-0.4, -0.2) is 46.5 Å². The van der Waals surface area contributed by atoms with Gasteiger partial charge in [0.15, 0.2) is 0 Å². The number of thiophene rings is 1. The Kier molecular flexibility index (Phi) is 5.17. The lowest BCUT2D eigenvalue weighted by Gasteiger charge is -2.36. The Morgan fingerprint density at radius 3 is 2.54 bits per heavy atom. The number of aryl methyl sites for hydroxylation is 2. The summed E-state index contributed by atoms with van der Waals surface area (Å²) in [5, 5.41) is 0.590. The summed E-state index contributed by atoms with van der Waals surface area (Å²) in [6.07, 6.45) is 2.46. The van der Waals surface area contributed by atoms with Gasteiger partial charge in [-0.25, -0.2) is 4.98 Å². The van der Waals surface area contributed by atoms with Gasteiger partial charge >= 0.3 is 0 Å². The Morgan fingerprint density at radius 1 is 1.14 bits per heavy atom. The Labute approximate surface area is 168 Å². The van der Waals surface area contributed by atoms with Gasteiger partial charge in [-0.3, -0.25) is 14.2 Å². The summed E-state index contributed by atoms with van der Waals surface area (Å²) in [7, 11) is 0. The molecule has 146 valence electrons. The zero-order valence-corrected chi connectivity index (χ0v) is 17.0. The third-order valence-corrected chi connectivity index (χ3v) is 6.45. The van der Waals surface area contributed by atoms with Crippen molar-refractivity contribution >= 4 is 33.1 Å². The van der Waals surface area contributed by atoms with Crippen LogP contribution in [-0.2, 0) is 6.54 Å². The minimum atomic E-state index is -0.0476. The number of rotatable bonds is 4. The molecule has 1 aliphatic rings. The molecule has 1 amide bonds. The predicted octanol–water partition coefficient (Wildman–Crippen LogP) is 3.14. The van der Waals surface area contributed by atoms with Gasteiger partial charge in [0.25, 0.3) is 11.5 Å². The molecule has 6 nitrogen and oxygen atoms in total. The summed E-state index contributed by atoms with van der Waals surface area (Å²) in [5.74, 6) is 0.00894. The van der Waals surface area contributed by atoms with Crippen LogP contribution in [0.3, 0.4) is 0 Å². The molecule has 0 atom stereocenters. The van der Waals surface area contributed by atoms with Gasteiger partial charge in [0.2, 0.25) is 0 Å². The fourth-order valence-corrected chi connectivity index (χ4v) is 4.82. The number of hydrogen-bond acceptors (Lipinski definition) is 5. The van der Waals surface area contributed by atoms with Crippen LogP contribution < -0.4 is 10.5 Å². The average Bonchev–Trinajstić information content (AvgIpc) is 3.07. The van der Waals surface area contributed by atoms with Gasteiger partial charge < -0.3 is 9.80 Å². The lowest BCUT2D eigenvalue weighted by atomic mass is 10.2. The number of para-hydroxylation sites is 1. The Hall–Kier alpha value is -2.67. The second kappa shape index (κ2) is 7.75. The van der Waals surface area contributed by atoms with Gasteiger partial charge in [0, 0.05) is 38.4 Å². The van der Waals surface area contributed by atoms with Crippen molar-refractivity contribution < 1.29 is 4.79 Å². The molecule has 1 fully saturated rings. The van der Waals surface area contributed by atoms with Crippen molar-refractivity contribution in [2.75, 3.05) is 31.1 Å². The largest absolute Gasteiger partial charge is 0.368 e. The van der Waals surface area contributed by atoms with E-state index in [2.05, 4.69) is 22.0 Å². The third-order valence-electron chi connectivity index (χ3n) is 5.26. The molecule has 28 heavy (non-hydrogen) atoms. The number of hydrogen-bond donors (Lipinski definition) is 0. The van der Waals surface area contributed by atoms with E-state index in [0.29, 0.717) is 34.7 Å². The molecule has 0 aliphatic carbocycles. The molecule has 0 spiro atoms. The molecule has 0 saturated carbocycles. The zero-order chi connectivity index (χ0) is 19.7. The molecular weight excluding hydrogens is 372 g/mol. The van der Waals surface area contributed by atoms with Crippen molar-refractivity contribution in [3.63, 3.8) is 0 Å². The summed E-state index contributed by atoms with van der Waals surface area (Å²) in [6, 6.07) is 10.3. The van der Waals surface area contributed by atoms with Crippen LogP contribution in [0.15, 0.2) is 41.5 Å². The van der Waals surface area contributed by atoms with Crippen LogP contribution >= 0.6 is 11.3 Å². The number of benzene rings is 1. The second-order valence-electron chi connectivity index (χ2n) is 7.09. The molecule has 3 heterocycles. The fourth-order valence-electron chi connectivity index (χ4n) is 3.71. The van der Waals surface area contributed by atoms with E-state index < -0.39 is 0 Å². The van der Waals surface area contributed by atoms with Gasteiger partial charge in [-0.05, 0) is 31.0 Å². The van der Waals surface area contributed by atoms with Crippen LogP contribution in [0.5, 0.6) is 0 Å². The van der Waals surface area contributed by atoms with Crippen molar-refractivity contribution in [3.05, 3.63) is 57.5 Å². The van der Waals surface area contributed by atoms with E-state index in [1.54, 1.807) is 10.9 Å². The van der Waals surface area contributed by atoms with E-state index in [4.69, 9.17) is 0 Å². The molecule has 7 heteroatoms. The second-order valence-corrected chi connectivity index (χ2v) is 8.09. The highest BCUT2D eigenvalue weighted by Crippen LogP contribution is 2.28. The van der Waals surface area contributed by atoms with Crippen molar-refractivity contribution in [3.8, 4) is 0 Å². The van der Waals surface area contributed by atoms with E-state index in [1.165, 1.54) is 17.0 Å². The number of carbonyl (C=O) groups excluding carboxylic acids is 1. The summed E-state index contributed by atoms with van der Waals surface area (Å²) in [4.78, 5) is 35.8. The molecule has 1 saturated heterocycles. The van der Waals surface area contributed by atoms with Gasteiger partial charge in [-0.2, -0.15) is 0 Å². The van der Waals surface area contributed by atoms with Gasteiger partial charge in [0.1, 0.15) is 4.83 Å². The first-order valence-corrected chi connectivity index (χ1v) is 10.5. The van der Waals surface area contributed by atoms with Crippen LogP contribution in [0.2, 0.25) is 0 Å². The maximum atomic E-state index is 13.1. The fraction of sp³-hybridized carbons (Fsp3) is 0.381. The molecule has 2 aromatic heterocycles. The summed E-state index contributed by atoms with van der Waals surface area (Å²) in [6.45, 7) is 7.50. The zero-order valence-electron chi connectivity index (χ0n) is 16.2. The van der Waals surface area contributed by atoms with Crippen molar-refractivity contribution in [1.82, 2.24) is 14.5 Å². The number of amides is 1. The number of anilines is 1. The maximum absolute atomic E-state index is 13.1. The molecule has 0 radical (unpaired) electrons. The standard InChI is InChI=1S/C21H24N4O2S/c1-3-9-25-14-22-19-17(20(25)26)15(2)18(28-19)21(27)24-12-10-23(11-13-24)16-7-5-4-6-8-16/h4-8,14H,3,9-13H2,1-2H3.